The maximum absolute atomic E-state index is 14.3. The fraction of sp³-hybridized carbons (Fsp3) is 0.389. The number of ether oxygens (including phenoxy) is 1. The van der Waals surface area contributed by atoms with Crippen LogP contribution in [0.2, 0.25) is 0 Å². The lowest BCUT2D eigenvalue weighted by molar-refractivity contribution is -0.144. The molecule has 8 nitrogen and oxygen atoms in total. The van der Waals surface area contributed by atoms with Crippen LogP contribution in [0, 0.1) is 17.8 Å². The summed E-state index contributed by atoms with van der Waals surface area (Å²) in [6, 6.07) is 13.6. The second-order valence-corrected chi connectivity index (χ2v) is 13.7. The van der Waals surface area contributed by atoms with E-state index in [4.69, 9.17) is 4.74 Å². The number of rotatable bonds is 5. The molecule has 2 aromatic carbocycles. The Morgan fingerprint density at radius 1 is 1.00 bits per heavy atom. The van der Waals surface area contributed by atoms with Gasteiger partial charge in [-0.15, -0.1) is 0 Å². The summed E-state index contributed by atoms with van der Waals surface area (Å²) in [5.41, 5.74) is 4.00. The summed E-state index contributed by atoms with van der Waals surface area (Å²) in [5.74, 6) is -2.60. The first-order chi connectivity index (χ1) is 21.7. The van der Waals surface area contributed by atoms with Crippen molar-refractivity contribution in [3.05, 3.63) is 92.5 Å². The quantitative estimate of drug-likeness (QED) is 0.263. The van der Waals surface area contributed by atoms with Gasteiger partial charge in [0, 0.05) is 48.3 Å². The van der Waals surface area contributed by atoms with Gasteiger partial charge in [-0.05, 0) is 83.8 Å². The highest BCUT2D eigenvalue weighted by molar-refractivity contribution is 9.10. The summed E-state index contributed by atoms with van der Waals surface area (Å²) in [4.78, 5) is 59.3. The standard InChI is InChI=1S/C36H35BrN2O6/c1-19-14-28(40)32-26(33(19)41)17-25-23(30(32)21-15-27(37)34(42)29(16-21)45-2)8-9-24-31(25)36(44)39(35(24)43)22-10-12-38(13-11-22)18-20-6-4-3-5-7-20/h3-8,14-16,22,24-25,30-31,42H,9-13,17-18H2,1-2H3. The minimum atomic E-state index is -0.607. The van der Waals surface area contributed by atoms with Crippen LogP contribution in [0.25, 0.3) is 0 Å². The Bertz CT molecular complexity index is 1720. The van der Waals surface area contributed by atoms with Gasteiger partial charge in [0.15, 0.2) is 23.1 Å². The van der Waals surface area contributed by atoms with Crippen molar-refractivity contribution in [2.75, 3.05) is 20.2 Å². The number of imide groups is 1. The van der Waals surface area contributed by atoms with E-state index < -0.39 is 23.7 Å². The Kier molecular flexibility index (Phi) is 7.64. The summed E-state index contributed by atoms with van der Waals surface area (Å²) in [6.07, 6.45) is 5.51. The highest BCUT2D eigenvalue weighted by Gasteiger charge is 2.57. The number of carbonyl (C=O) groups is 4. The zero-order valence-electron chi connectivity index (χ0n) is 25.3. The molecule has 45 heavy (non-hydrogen) atoms. The zero-order chi connectivity index (χ0) is 31.6. The second kappa shape index (κ2) is 11.5. The Morgan fingerprint density at radius 3 is 2.44 bits per heavy atom. The highest BCUT2D eigenvalue weighted by atomic mass is 79.9. The molecule has 9 heteroatoms. The van der Waals surface area contributed by atoms with E-state index in [2.05, 4.69) is 33.0 Å². The first-order valence-electron chi connectivity index (χ1n) is 15.6. The number of benzene rings is 2. The Balaban J connectivity index is 1.21. The van der Waals surface area contributed by atoms with Gasteiger partial charge < -0.3 is 9.84 Å². The summed E-state index contributed by atoms with van der Waals surface area (Å²) in [5, 5.41) is 10.5. The van der Waals surface area contributed by atoms with E-state index in [0.29, 0.717) is 33.2 Å². The molecule has 232 valence electrons. The molecule has 7 rings (SSSR count). The molecule has 0 spiro atoms. The maximum Gasteiger partial charge on any atom is 0.233 e. The minimum Gasteiger partial charge on any atom is -0.503 e. The monoisotopic (exact) mass is 670 g/mol. The number of methoxy groups -OCH3 is 1. The summed E-state index contributed by atoms with van der Waals surface area (Å²) in [6.45, 7) is 4.09. The van der Waals surface area contributed by atoms with Crippen molar-refractivity contribution in [2.45, 2.75) is 51.1 Å². The third-order valence-electron chi connectivity index (χ3n) is 10.4. The van der Waals surface area contributed by atoms with E-state index >= 15 is 0 Å². The van der Waals surface area contributed by atoms with E-state index in [1.807, 2.05) is 24.3 Å². The number of likely N-dealkylation sites (tertiary alicyclic amines) is 2. The van der Waals surface area contributed by atoms with Crippen molar-refractivity contribution < 1.29 is 29.0 Å². The molecule has 0 saturated carbocycles. The van der Waals surface area contributed by atoms with E-state index in [-0.39, 0.29) is 47.3 Å². The molecule has 2 heterocycles. The van der Waals surface area contributed by atoms with Crippen molar-refractivity contribution in [3.63, 3.8) is 0 Å². The van der Waals surface area contributed by atoms with Gasteiger partial charge in [-0.25, -0.2) is 0 Å². The number of aromatic hydroxyl groups is 1. The van der Waals surface area contributed by atoms with E-state index in [0.717, 1.165) is 38.0 Å². The van der Waals surface area contributed by atoms with Crippen LogP contribution in [0.4, 0.5) is 0 Å². The summed E-state index contributed by atoms with van der Waals surface area (Å²) < 4.78 is 5.83. The van der Waals surface area contributed by atoms with Gasteiger partial charge in [0.25, 0.3) is 0 Å². The number of allylic oxidation sites excluding steroid dienone is 6. The molecule has 5 aliphatic rings. The predicted molar refractivity (Wildman–Crippen MR) is 170 cm³/mol. The molecule has 2 aliphatic heterocycles. The van der Waals surface area contributed by atoms with Crippen LogP contribution in [0.1, 0.15) is 49.7 Å². The van der Waals surface area contributed by atoms with Crippen LogP contribution in [-0.2, 0) is 25.7 Å². The fourth-order valence-electron chi connectivity index (χ4n) is 8.24. The van der Waals surface area contributed by atoms with Crippen LogP contribution >= 0.6 is 15.9 Å². The number of Topliss-reactive ketones (excluding diaryl/α,β-unsaturated/α-hetero) is 1. The van der Waals surface area contributed by atoms with Gasteiger partial charge >= 0.3 is 0 Å². The lowest BCUT2D eigenvalue weighted by Crippen LogP contribution is -2.47. The molecule has 0 aromatic heterocycles. The molecule has 0 radical (unpaired) electrons. The number of halogens is 1. The van der Waals surface area contributed by atoms with Crippen molar-refractivity contribution in [3.8, 4) is 11.5 Å². The van der Waals surface area contributed by atoms with E-state index in [1.165, 1.54) is 18.7 Å². The van der Waals surface area contributed by atoms with Crippen LogP contribution in [0.5, 0.6) is 11.5 Å². The molecular weight excluding hydrogens is 636 g/mol. The normalized spacial score (nSPS) is 27.2. The second-order valence-electron chi connectivity index (χ2n) is 12.8. The third kappa shape index (κ3) is 4.91. The summed E-state index contributed by atoms with van der Waals surface area (Å²) in [7, 11) is 1.45. The average Bonchev–Trinajstić information content (AvgIpc) is 3.30. The van der Waals surface area contributed by atoms with Gasteiger partial charge in [-0.1, -0.05) is 42.0 Å². The smallest absolute Gasteiger partial charge is 0.233 e. The van der Waals surface area contributed by atoms with Crippen molar-refractivity contribution >= 4 is 39.3 Å². The number of amides is 2. The number of ketones is 2. The van der Waals surface area contributed by atoms with Crippen LogP contribution in [0.3, 0.4) is 0 Å². The van der Waals surface area contributed by atoms with E-state index in [9.17, 15) is 24.3 Å². The SMILES string of the molecule is COc1cc(C2C3=CCC4C(=O)N(C5CCN(Cc6ccccc6)CC5)C(=O)C4C3CC3=C2C(=O)C=C(C)C3=O)cc(Br)c1O. The third-order valence-corrected chi connectivity index (χ3v) is 11.0. The highest BCUT2D eigenvalue weighted by Crippen LogP contribution is 2.56. The van der Waals surface area contributed by atoms with E-state index in [1.54, 1.807) is 24.0 Å². The number of nitrogens with zero attached hydrogens (tertiary/aromatic N) is 2. The van der Waals surface area contributed by atoms with Crippen LogP contribution in [-0.4, -0.2) is 64.5 Å². The lowest BCUT2D eigenvalue weighted by atomic mass is 9.59. The molecule has 2 aromatic rings. The molecule has 2 fully saturated rings. The van der Waals surface area contributed by atoms with Crippen LogP contribution < -0.4 is 4.74 Å². The van der Waals surface area contributed by atoms with Gasteiger partial charge in [-0.2, -0.15) is 0 Å². The Labute approximate surface area is 270 Å². The zero-order valence-corrected chi connectivity index (χ0v) is 26.9. The van der Waals surface area contributed by atoms with Crippen LogP contribution in [0.15, 0.2) is 81.4 Å². The fourth-order valence-corrected chi connectivity index (χ4v) is 8.70. The van der Waals surface area contributed by atoms with Gasteiger partial charge in [0.1, 0.15) is 0 Å². The largest absolute Gasteiger partial charge is 0.503 e. The first-order valence-corrected chi connectivity index (χ1v) is 16.4. The molecule has 1 N–H and O–H groups in total. The molecule has 4 atom stereocenters. The molecule has 2 saturated heterocycles. The number of carbonyl (C=O) groups excluding carboxylic acids is 4. The first kappa shape index (κ1) is 29.9. The number of fused-ring (bicyclic) bond motifs is 3. The number of hydrogen-bond donors (Lipinski definition) is 1. The van der Waals surface area contributed by atoms with Gasteiger partial charge in [-0.3, -0.25) is 29.0 Å². The Hall–Kier alpha value is -3.82. The number of piperidine rings is 1. The number of phenols is 1. The predicted octanol–water partition coefficient (Wildman–Crippen LogP) is 5.26. The number of phenolic OH excluding ortho intramolecular Hbond substituents is 1. The van der Waals surface area contributed by atoms with Crippen molar-refractivity contribution in [1.29, 1.82) is 0 Å². The topological polar surface area (TPSA) is 104 Å². The Morgan fingerprint density at radius 2 is 1.73 bits per heavy atom. The average molecular weight is 672 g/mol. The van der Waals surface area contributed by atoms with Crippen molar-refractivity contribution in [1.82, 2.24) is 9.80 Å². The molecular formula is C36H35BrN2O6. The molecule has 0 bridgehead atoms. The lowest BCUT2D eigenvalue weighted by Gasteiger charge is -2.42. The molecule has 4 unspecified atom stereocenters. The minimum absolute atomic E-state index is 0.0655. The molecule has 2 amide bonds. The maximum atomic E-state index is 14.3. The van der Waals surface area contributed by atoms with Crippen molar-refractivity contribution in [2.24, 2.45) is 17.8 Å². The number of hydrogen-bond acceptors (Lipinski definition) is 7. The van der Waals surface area contributed by atoms with Gasteiger partial charge in [0.05, 0.1) is 23.4 Å². The summed E-state index contributed by atoms with van der Waals surface area (Å²) >= 11 is 3.42. The van der Waals surface area contributed by atoms with Gasteiger partial charge in [0.2, 0.25) is 11.8 Å². The molecule has 3 aliphatic carbocycles.